The lowest BCUT2D eigenvalue weighted by Crippen LogP contribution is -2.43. The molecule has 1 unspecified atom stereocenters. The summed E-state index contributed by atoms with van der Waals surface area (Å²) in [4.78, 5) is 26.7. The molecular formula is C18H24N4O2. The highest BCUT2D eigenvalue weighted by molar-refractivity contribution is 5.88. The van der Waals surface area contributed by atoms with Crippen LogP contribution < -0.4 is 11.3 Å². The third kappa shape index (κ3) is 3.19. The van der Waals surface area contributed by atoms with Gasteiger partial charge in [0.1, 0.15) is 0 Å². The number of nitrogens with zero attached hydrogens (tertiary/aromatic N) is 3. The number of hydrogen-bond acceptors (Lipinski definition) is 4. The molecule has 0 bridgehead atoms. The van der Waals surface area contributed by atoms with Crippen LogP contribution in [0.15, 0.2) is 29.1 Å². The minimum atomic E-state index is -0.139. The monoisotopic (exact) mass is 328 g/mol. The van der Waals surface area contributed by atoms with Gasteiger partial charge in [-0.15, -0.1) is 0 Å². The van der Waals surface area contributed by atoms with E-state index < -0.39 is 0 Å². The van der Waals surface area contributed by atoms with Crippen molar-refractivity contribution >= 4 is 16.7 Å². The van der Waals surface area contributed by atoms with Crippen LogP contribution in [0.5, 0.6) is 0 Å². The van der Waals surface area contributed by atoms with Crippen molar-refractivity contribution in [3.63, 3.8) is 0 Å². The van der Waals surface area contributed by atoms with E-state index in [1.54, 1.807) is 13.1 Å². The molecule has 1 saturated heterocycles. The summed E-state index contributed by atoms with van der Waals surface area (Å²) in [6, 6.07) is 7.51. The van der Waals surface area contributed by atoms with Gasteiger partial charge in [-0.2, -0.15) is 5.10 Å². The third-order valence-electron chi connectivity index (χ3n) is 4.99. The summed E-state index contributed by atoms with van der Waals surface area (Å²) in [5.41, 5.74) is 6.48. The summed E-state index contributed by atoms with van der Waals surface area (Å²) in [5.74, 6) is 0.556. The van der Waals surface area contributed by atoms with Crippen molar-refractivity contribution in [1.29, 1.82) is 0 Å². The van der Waals surface area contributed by atoms with E-state index in [9.17, 15) is 9.59 Å². The van der Waals surface area contributed by atoms with Gasteiger partial charge in [0, 0.05) is 31.6 Å². The quantitative estimate of drug-likeness (QED) is 0.913. The first-order valence-corrected chi connectivity index (χ1v) is 8.45. The number of carbonyl (C=O) groups excluding carboxylic acids is 1. The fourth-order valence-electron chi connectivity index (χ4n) is 3.44. The lowest BCUT2D eigenvalue weighted by molar-refractivity contribution is -0.132. The number of carbonyl (C=O) groups is 1. The predicted molar refractivity (Wildman–Crippen MR) is 93.6 cm³/mol. The highest BCUT2D eigenvalue weighted by atomic mass is 16.2. The average Bonchev–Trinajstić information content (AvgIpc) is 2.59. The van der Waals surface area contributed by atoms with Gasteiger partial charge in [-0.25, -0.2) is 4.68 Å². The number of hydrogen-bond donors (Lipinski definition) is 1. The van der Waals surface area contributed by atoms with Gasteiger partial charge >= 0.3 is 0 Å². The van der Waals surface area contributed by atoms with Crippen molar-refractivity contribution in [3.05, 3.63) is 40.3 Å². The molecule has 24 heavy (non-hydrogen) atoms. The zero-order chi connectivity index (χ0) is 17.3. The molecule has 1 aliphatic rings. The Morgan fingerprint density at radius 3 is 2.54 bits per heavy atom. The van der Waals surface area contributed by atoms with Crippen LogP contribution in [-0.4, -0.2) is 39.7 Å². The van der Waals surface area contributed by atoms with Crippen molar-refractivity contribution in [2.24, 2.45) is 18.7 Å². The van der Waals surface area contributed by atoms with Crippen LogP contribution in [-0.2, 0) is 18.3 Å². The largest absolute Gasteiger partial charge is 0.342 e. The molecule has 2 aromatic rings. The van der Waals surface area contributed by atoms with Crippen LogP contribution in [0.2, 0.25) is 0 Å². The average molecular weight is 328 g/mol. The summed E-state index contributed by atoms with van der Waals surface area (Å²) in [7, 11) is 1.62. The van der Waals surface area contributed by atoms with Crippen LogP contribution in [0, 0.1) is 5.92 Å². The van der Waals surface area contributed by atoms with Gasteiger partial charge in [-0.3, -0.25) is 9.59 Å². The SMILES string of the molecule is CC(N)C1CCN(C(=O)Cc2nn(C)c(=O)c3ccccc23)CC1. The normalized spacial score (nSPS) is 17.2. The Morgan fingerprint density at radius 2 is 1.92 bits per heavy atom. The Balaban J connectivity index is 1.80. The zero-order valence-electron chi connectivity index (χ0n) is 14.2. The highest BCUT2D eigenvalue weighted by Crippen LogP contribution is 2.21. The second-order valence-corrected chi connectivity index (χ2v) is 6.68. The molecule has 0 aliphatic carbocycles. The van der Waals surface area contributed by atoms with E-state index in [0.29, 0.717) is 17.0 Å². The fraction of sp³-hybridized carbons (Fsp3) is 0.500. The molecule has 6 nitrogen and oxygen atoms in total. The van der Waals surface area contributed by atoms with Gasteiger partial charge in [0.25, 0.3) is 5.56 Å². The maximum absolute atomic E-state index is 12.7. The maximum Gasteiger partial charge on any atom is 0.274 e. The maximum atomic E-state index is 12.7. The Morgan fingerprint density at radius 1 is 1.29 bits per heavy atom. The Kier molecular flexibility index (Phi) is 4.66. The van der Waals surface area contributed by atoms with Crippen LogP contribution in [0.4, 0.5) is 0 Å². The van der Waals surface area contributed by atoms with E-state index in [1.165, 1.54) is 4.68 Å². The first kappa shape index (κ1) is 16.6. The number of likely N-dealkylation sites (tertiary alicyclic amines) is 1. The Bertz CT molecular complexity index is 804. The number of piperidine rings is 1. The molecule has 1 aliphatic heterocycles. The van der Waals surface area contributed by atoms with E-state index in [2.05, 4.69) is 5.10 Å². The van der Waals surface area contributed by atoms with Crippen LogP contribution >= 0.6 is 0 Å². The van der Waals surface area contributed by atoms with Gasteiger partial charge < -0.3 is 10.6 Å². The molecule has 1 amide bonds. The second-order valence-electron chi connectivity index (χ2n) is 6.68. The molecular weight excluding hydrogens is 304 g/mol. The van der Waals surface area contributed by atoms with E-state index >= 15 is 0 Å². The number of nitrogens with two attached hydrogens (primary N) is 1. The molecule has 2 heterocycles. The standard InChI is InChI=1S/C18H24N4O2/c1-12(19)13-7-9-22(10-8-13)17(23)11-16-14-5-3-4-6-15(14)18(24)21(2)20-16/h3-6,12-13H,7-11,19H2,1-2H3. The van der Waals surface area contributed by atoms with Crippen molar-refractivity contribution in [1.82, 2.24) is 14.7 Å². The van der Waals surface area contributed by atoms with Gasteiger partial charge in [0.2, 0.25) is 5.91 Å². The van der Waals surface area contributed by atoms with E-state index in [4.69, 9.17) is 5.73 Å². The van der Waals surface area contributed by atoms with Gasteiger partial charge in [-0.1, -0.05) is 18.2 Å². The van der Waals surface area contributed by atoms with Gasteiger partial charge in [0.05, 0.1) is 17.5 Å². The number of amides is 1. The highest BCUT2D eigenvalue weighted by Gasteiger charge is 2.25. The predicted octanol–water partition coefficient (Wildman–Crippen LogP) is 1.06. The van der Waals surface area contributed by atoms with Crippen LogP contribution in [0.25, 0.3) is 10.8 Å². The van der Waals surface area contributed by atoms with Crippen LogP contribution in [0.1, 0.15) is 25.5 Å². The van der Waals surface area contributed by atoms with Gasteiger partial charge in [-0.05, 0) is 31.7 Å². The molecule has 128 valence electrons. The molecule has 1 aromatic heterocycles. The fourth-order valence-corrected chi connectivity index (χ4v) is 3.44. The summed E-state index contributed by atoms with van der Waals surface area (Å²) >= 11 is 0. The molecule has 2 N–H and O–H groups in total. The minimum Gasteiger partial charge on any atom is -0.342 e. The molecule has 0 radical (unpaired) electrons. The Labute approximate surface area is 141 Å². The molecule has 6 heteroatoms. The summed E-state index contributed by atoms with van der Waals surface area (Å²) in [6.07, 6.45) is 2.12. The van der Waals surface area contributed by atoms with E-state index in [0.717, 1.165) is 31.3 Å². The number of aryl methyl sites for hydroxylation is 1. The number of rotatable bonds is 3. The molecule has 1 atom stereocenters. The molecule has 0 saturated carbocycles. The number of aromatic nitrogens is 2. The number of benzene rings is 1. The smallest absolute Gasteiger partial charge is 0.274 e. The summed E-state index contributed by atoms with van der Waals surface area (Å²) < 4.78 is 1.31. The first-order valence-electron chi connectivity index (χ1n) is 8.45. The molecule has 1 fully saturated rings. The topological polar surface area (TPSA) is 81.2 Å². The first-order chi connectivity index (χ1) is 11.5. The van der Waals surface area contributed by atoms with Crippen molar-refractivity contribution in [3.8, 4) is 0 Å². The molecule has 1 aromatic carbocycles. The summed E-state index contributed by atoms with van der Waals surface area (Å²) in [5, 5.41) is 5.68. The van der Waals surface area contributed by atoms with E-state index in [-0.39, 0.29) is 23.9 Å². The lowest BCUT2D eigenvalue weighted by Gasteiger charge is -2.33. The minimum absolute atomic E-state index is 0.0643. The summed E-state index contributed by atoms with van der Waals surface area (Å²) in [6.45, 7) is 3.52. The lowest BCUT2D eigenvalue weighted by atomic mass is 9.91. The van der Waals surface area contributed by atoms with Crippen molar-refractivity contribution in [2.75, 3.05) is 13.1 Å². The van der Waals surface area contributed by atoms with Crippen molar-refractivity contribution < 1.29 is 4.79 Å². The second kappa shape index (κ2) is 6.73. The zero-order valence-corrected chi connectivity index (χ0v) is 14.2. The molecule has 0 spiro atoms. The third-order valence-corrected chi connectivity index (χ3v) is 4.99. The van der Waals surface area contributed by atoms with E-state index in [1.807, 2.05) is 30.0 Å². The van der Waals surface area contributed by atoms with Crippen molar-refractivity contribution in [2.45, 2.75) is 32.2 Å². The van der Waals surface area contributed by atoms with Crippen LogP contribution in [0.3, 0.4) is 0 Å². The number of fused-ring (bicyclic) bond motifs is 1. The van der Waals surface area contributed by atoms with Gasteiger partial charge in [0.15, 0.2) is 0 Å². The Hall–Kier alpha value is -2.21. The molecule has 3 rings (SSSR count).